The Balaban J connectivity index is 2.16. The third-order valence-corrected chi connectivity index (χ3v) is 2.33. The van der Waals surface area contributed by atoms with E-state index < -0.39 is 0 Å². The van der Waals surface area contributed by atoms with E-state index >= 15 is 0 Å². The van der Waals surface area contributed by atoms with Crippen LogP contribution in [0.5, 0.6) is 0 Å². The number of hydrogen-bond acceptors (Lipinski definition) is 2. The van der Waals surface area contributed by atoms with Gasteiger partial charge in [-0.3, -0.25) is 0 Å². The minimum atomic E-state index is 0.175. The topological polar surface area (TPSA) is 40.5 Å². The lowest BCUT2D eigenvalue weighted by atomic mass is 10.1. The Morgan fingerprint density at radius 2 is 1.07 bits per heavy atom. The second-order valence-corrected chi connectivity index (χ2v) is 3.42. The van der Waals surface area contributed by atoms with E-state index in [9.17, 15) is 10.2 Å². The highest BCUT2D eigenvalue weighted by molar-refractivity contribution is 5.45. The van der Waals surface area contributed by atoms with Crippen LogP contribution in [0.3, 0.4) is 0 Å². The second-order valence-electron chi connectivity index (χ2n) is 3.42. The summed E-state index contributed by atoms with van der Waals surface area (Å²) < 4.78 is 0. The number of rotatable bonds is 2. The predicted molar refractivity (Wildman–Crippen MR) is 60.5 cm³/mol. The highest BCUT2D eigenvalue weighted by Crippen LogP contribution is 2.20. The molecule has 0 amide bonds. The second kappa shape index (κ2) is 4.05. The molecule has 0 heterocycles. The molecule has 0 unspecified atom stereocenters. The van der Waals surface area contributed by atoms with Crippen LogP contribution in [0, 0.1) is 0 Å². The standard InChI is InChI=1S/C13H12O2/c14-12(10-5-1-2-6-10)9-13(15)11-7-3-4-8-11/h1-8,14-15H,9H2. The SMILES string of the molecule is OC(CC(O)=C1C=CC=C1)=C1C=CC=C1. The van der Waals surface area contributed by atoms with Gasteiger partial charge in [0.25, 0.3) is 0 Å². The first-order valence-electron chi connectivity index (χ1n) is 4.81. The fourth-order valence-electron chi connectivity index (χ4n) is 1.50. The van der Waals surface area contributed by atoms with Crippen LogP contribution in [-0.2, 0) is 0 Å². The van der Waals surface area contributed by atoms with Gasteiger partial charge in [0.15, 0.2) is 0 Å². The molecular formula is C13H12O2. The molecular weight excluding hydrogens is 188 g/mol. The molecule has 0 bridgehead atoms. The van der Waals surface area contributed by atoms with Gasteiger partial charge in [0, 0.05) is 11.1 Å². The van der Waals surface area contributed by atoms with Crippen molar-refractivity contribution in [1.82, 2.24) is 0 Å². The predicted octanol–water partition coefficient (Wildman–Crippen LogP) is 3.25. The molecule has 76 valence electrons. The van der Waals surface area contributed by atoms with Gasteiger partial charge >= 0.3 is 0 Å². The first-order chi connectivity index (χ1) is 7.27. The monoisotopic (exact) mass is 200 g/mol. The molecule has 0 aliphatic heterocycles. The molecule has 0 saturated heterocycles. The third kappa shape index (κ3) is 2.10. The quantitative estimate of drug-likeness (QED) is 0.672. The summed E-state index contributed by atoms with van der Waals surface area (Å²) in [6.07, 6.45) is 14.8. The molecule has 0 fully saturated rings. The lowest BCUT2D eigenvalue weighted by Gasteiger charge is -2.03. The number of aliphatic hydroxyl groups is 2. The van der Waals surface area contributed by atoms with Gasteiger partial charge in [-0.2, -0.15) is 0 Å². The van der Waals surface area contributed by atoms with Crippen molar-refractivity contribution < 1.29 is 10.2 Å². The molecule has 0 aromatic rings. The summed E-state index contributed by atoms with van der Waals surface area (Å²) >= 11 is 0. The zero-order chi connectivity index (χ0) is 10.7. The molecule has 0 spiro atoms. The van der Waals surface area contributed by atoms with E-state index in [4.69, 9.17) is 0 Å². The molecule has 2 N–H and O–H groups in total. The Labute approximate surface area is 88.6 Å². The number of aliphatic hydroxyl groups excluding tert-OH is 2. The van der Waals surface area contributed by atoms with Gasteiger partial charge in [-0.25, -0.2) is 0 Å². The van der Waals surface area contributed by atoms with Crippen molar-refractivity contribution in [3.63, 3.8) is 0 Å². The lowest BCUT2D eigenvalue weighted by Crippen LogP contribution is -1.92. The summed E-state index contributed by atoms with van der Waals surface area (Å²) in [5.41, 5.74) is 1.52. The zero-order valence-corrected chi connectivity index (χ0v) is 8.22. The maximum atomic E-state index is 9.71. The van der Waals surface area contributed by atoms with Gasteiger partial charge in [-0.15, -0.1) is 0 Å². The van der Waals surface area contributed by atoms with Crippen molar-refractivity contribution in [3.05, 3.63) is 71.3 Å². The van der Waals surface area contributed by atoms with Crippen LogP contribution < -0.4 is 0 Å². The molecule has 0 aromatic carbocycles. The summed E-state index contributed by atoms with van der Waals surface area (Å²) in [6.45, 7) is 0. The van der Waals surface area contributed by atoms with Crippen LogP contribution in [-0.4, -0.2) is 10.2 Å². The van der Waals surface area contributed by atoms with Crippen LogP contribution >= 0.6 is 0 Å². The molecule has 0 saturated carbocycles. The average molecular weight is 200 g/mol. The molecule has 2 nitrogen and oxygen atoms in total. The fourth-order valence-corrected chi connectivity index (χ4v) is 1.50. The molecule has 2 rings (SSSR count). The summed E-state index contributed by atoms with van der Waals surface area (Å²) in [5.74, 6) is 0.386. The first-order valence-corrected chi connectivity index (χ1v) is 4.81. The van der Waals surface area contributed by atoms with E-state index in [0.717, 1.165) is 11.1 Å². The van der Waals surface area contributed by atoms with Crippen LogP contribution in [0.25, 0.3) is 0 Å². The van der Waals surface area contributed by atoms with Gasteiger partial charge < -0.3 is 10.2 Å². The van der Waals surface area contributed by atoms with E-state index in [1.165, 1.54) is 0 Å². The van der Waals surface area contributed by atoms with E-state index in [-0.39, 0.29) is 17.9 Å². The van der Waals surface area contributed by atoms with Crippen LogP contribution in [0.2, 0.25) is 0 Å². The van der Waals surface area contributed by atoms with Crippen molar-refractivity contribution in [1.29, 1.82) is 0 Å². The molecule has 0 atom stereocenters. The first kappa shape index (κ1) is 9.59. The maximum absolute atomic E-state index is 9.71. The molecule has 0 aromatic heterocycles. The van der Waals surface area contributed by atoms with Gasteiger partial charge in [-0.1, -0.05) is 48.6 Å². The van der Waals surface area contributed by atoms with E-state index in [1.54, 1.807) is 0 Å². The third-order valence-electron chi connectivity index (χ3n) is 2.33. The average Bonchev–Trinajstić information content (AvgIpc) is 2.91. The minimum Gasteiger partial charge on any atom is -0.511 e. The van der Waals surface area contributed by atoms with Crippen molar-refractivity contribution >= 4 is 0 Å². The minimum absolute atomic E-state index is 0.175. The van der Waals surface area contributed by atoms with E-state index in [0.29, 0.717) is 0 Å². The summed E-state index contributed by atoms with van der Waals surface area (Å²) in [4.78, 5) is 0. The van der Waals surface area contributed by atoms with Crippen molar-refractivity contribution in [2.75, 3.05) is 0 Å². The Kier molecular flexibility index (Phi) is 2.59. The lowest BCUT2D eigenvalue weighted by molar-refractivity contribution is 0.338. The van der Waals surface area contributed by atoms with Gasteiger partial charge in [0.1, 0.15) is 11.5 Å². The summed E-state index contributed by atoms with van der Waals surface area (Å²) in [5, 5.41) is 19.4. The Morgan fingerprint density at radius 1 is 0.733 bits per heavy atom. The zero-order valence-electron chi connectivity index (χ0n) is 8.22. The number of hydrogen-bond donors (Lipinski definition) is 2. The largest absolute Gasteiger partial charge is 0.511 e. The normalized spacial score (nSPS) is 16.8. The van der Waals surface area contributed by atoms with Crippen molar-refractivity contribution in [3.8, 4) is 0 Å². The Hall–Kier alpha value is -1.96. The van der Waals surface area contributed by atoms with Crippen LogP contribution in [0.15, 0.2) is 71.3 Å². The highest BCUT2D eigenvalue weighted by atomic mass is 16.3. The number of allylic oxidation sites excluding steroid dienone is 10. The summed E-state index contributed by atoms with van der Waals surface area (Å²) in [6, 6.07) is 0. The van der Waals surface area contributed by atoms with Gasteiger partial charge in [0.2, 0.25) is 0 Å². The molecule has 2 heteroatoms. The molecule has 2 aliphatic carbocycles. The Bertz CT molecular complexity index is 373. The van der Waals surface area contributed by atoms with Gasteiger partial charge in [0.05, 0.1) is 6.42 Å². The molecule has 2 aliphatic rings. The van der Waals surface area contributed by atoms with E-state index in [2.05, 4.69) is 0 Å². The van der Waals surface area contributed by atoms with Crippen LogP contribution in [0.1, 0.15) is 6.42 Å². The summed E-state index contributed by atoms with van der Waals surface area (Å²) in [7, 11) is 0. The van der Waals surface area contributed by atoms with Crippen molar-refractivity contribution in [2.45, 2.75) is 6.42 Å². The highest BCUT2D eigenvalue weighted by Gasteiger charge is 2.08. The molecule has 0 radical (unpaired) electrons. The fraction of sp³-hybridized carbons (Fsp3) is 0.0769. The maximum Gasteiger partial charge on any atom is 0.107 e. The van der Waals surface area contributed by atoms with E-state index in [1.807, 2.05) is 48.6 Å². The van der Waals surface area contributed by atoms with Crippen molar-refractivity contribution in [2.24, 2.45) is 0 Å². The molecule has 15 heavy (non-hydrogen) atoms. The Morgan fingerprint density at radius 3 is 1.40 bits per heavy atom. The van der Waals surface area contributed by atoms with Gasteiger partial charge in [-0.05, 0) is 0 Å². The smallest absolute Gasteiger partial charge is 0.107 e. The van der Waals surface area contributed by atoms with Crippen LogP contribution in [0.4, 0.5) is 0 Å².